The zero-order valence-corrected chi connectivity index (χ0v) is 12.8. The van der Waals surface area contributed by atoms with Crippen LogP contribution >= 0.6 is 0 Å². The Morgan fingerprint density at radius 3 is 2.82 bits per heavy atom. The summed E-state index contributed by atoms with van der Waals surface area (Å²) in [7, 11) is 0. The zero-order valence-electron chi connectivity index (χ0n) is 12.8. The van der Waals surface area contributed by atoms with E-state index in [2.05, 4.69) is 5.32 Å². The summed E-state index contributed by atoms with van der Waals surface area (Å²) in [5.41, 5.74) is 0. The molecular weight excluding hydrogens is 278 g/mol. The summed E-state index contributed by atoms with van der Waals surface area (Å²) in [5, 5.41) is 3.03. The Hall–Kier alpha value is -1.71. The van der Waals surface area contributed by atoms with Crippen molar-refractivity contribution >= 4 is 5.91 Å². The fraction of sp³-hybridized carbons (Fsp3) is 0.611. The number of carbonyl (C=O) groups is 1. The van der Waals surface area contributed by atoms with Crippen LogP contribution in [0.2, 0.25) is 0 Å². The van der Waals surface area contributed by atoms with Crippen LogP contribution in [-0.2, 0) is 4.79 Å². The number of rotatable bonds is 4. The van der Waals surface area contributed by atoms with Gasteiger partial charge in [0.2, 0.25) is 5.91 Å². The molecule has 22 heavy (non-hydrogen) atoms. The van der Waals surface area contributed by atoms with Crippen molar-refractivity contribution in [2.45, 2.75) is 38.2 Å². The smallest absolute Gasteiger partial charge is 0.220 e. The average Bonchev–Trinajstić information content (AvgIpc) is 3.15. The van der Waals surface area contributed by atoms with Gasteiger partial charge in [-0.25, -0.2) is 0 Å². The maximum absolute atomic E-state index is 12.2. The van der Waals surface area contributed by atoms with Gasteiger partial charge in [-0.3, -0.25) is 4.79 Å². The van der Waals surface area contributed by atoms with Crippen LogP contribution in [0, 0.1) is 17.8 Å². The standard InChI is InChI=1S/C18H23NO3/c20-18(9-14-8-12-5-6-13(14)7-12)19-10-15-11-21-16-3-1-2-4-17(16)22-15/h1-4,12-15H,5-11H2,(H,19,20)/t12-,13-,14+,15-/m0/s1. The van der Waals surface area contributed by atoms with Crippen LogP contribution in [0.15, 0.2) is 24.3 Å². The average molecular weight is 301 g/mol. The Balaban J connectivity index is 1.24. The number of nitrogens with one attached hydrogen (secondary N) is 1. The number of para-hydroxylation sites is 2. The van der Waals surface area contributed by atoms with E-state index in [0.29, 0.717) is 25.5 Å². The monoisotopic (exact) mass is 301 g/mol. The maximum atomic E-state index is 12.2. The molecule has 4 rings (SSSR count). The quantitative estimate of drug-likeness (QED) is 0.930. The van der Waals surface area contributed by atoms with E-state index in [1.807, 2.05) is 24.3 Å². The summed E-state index contributed by atoms with van der Waals surface area (Å²) < 4.78 is 11.5. The van der Waals surface area contributed by atoms with Gasteiger partial charge in [-0.15, -0.1) is 0 Å². The highest BCUT2D eigenvalue weighted by Crippen LogP contribution is 2.49. The number of hydrogen-bond acceptors (Lipinski definition) is 3. The van der Waals surface area contributed by atoms with Crippen molar-refractivity contribution in [2.75, 3.05) is 13.2 Å². The molecule has 1 aromatic carbocycles. The van der Waals surface area contributed by atoms with Crippen LogP contribution < -0.4 is 14.8 Å². The predicted molar refractivity (Wildman–Crippen MR) is 82.9 cm³/mol. The predicted octanol–water partition coefficient (Wildman–Crippen LogP) is 2.77. The summed E-state index contributed by atoms with van der Waals surface area (Å²) in [6.07, 6.45) is 5.92. The van der Waals surface area contributed by atoms with E-state index in [1.165, 1.54) is 25.7 Å². The van der Waals surface area contributed by atoms with Crippen LogP contribution in [0.3, 0.4) is 0 Å². The zero-order chi connectivity index (χ0) is 14.9. The molecule has 2 saturated carbocycles. The van der Waals surface area contributed by atoms with Crippen molar-refractivity contribution in [1.82, 2.24) is 5.32 Å². The Kier molecular flexibility index (Phi) is 3.68. The molecule has 2 aliphatic carbocycles. The lowest BCUT2D eigenvalue weighted by Crippen LogP contribution is -2.41. The van der Waals surface area contributed by atoms with Crippen molar-refractivity contribution < 1.29 is 14.3 Å². The van der Waals surface area contributed by atoms with Gasteiger partial charge in [-0.1, -0.05) is 18.6 Å². The second kappa shape index (κ2) is 5.82. The maximum Gasteiger partial charge on any atom is 0.220 e. The highest BCUT2D eigenvalue weighted by Gasteiger charge is 2.40. The van der Waals surface area contributed by atoms with E-state index >= 15 is 0 Å². The van der Waals surface area contributed by atoms with Crippen LogP contribution in [0.1, 0.15) is 32.1 Å². The summed E-state index contributed by atoms with van der Waals surface area (Å²) >= 11 is 0. The fourth-order valence-corrected chi connectivity index (χ4v) is 4.33. The SMILES string of the molecule is O=C(C[C@H]1C[C@H]2CC[C@H]1C2)NC[C@H]1COc2ccccc2O1. The first-order valence-electron chi connectivity index (χ1n) is 8.43. The summed E-state index contributed by atoms with van der Waals surface area (Å²) in [4.78, 5) is 12.2. The molecule has 0 spiro atoms. The molecule has 1 heterocycles. The first kappa shape index (κ1) is 13.9. The van der Waals surface area contributed by atoms with Gasteiger partial charge >= 0.3 is 0 Å². The van der Waals surface area contributed by atoms with Gasteiger partial charge in [0.25, 0.3) is 0 Å². The minimum Gasteiger partial charge on any atom is -0.486 e. The van der Waals surface area contributed by atoms with Crippen molar-refractivity contribution in [1.29, 1.82) is 0 Å². The number of hydrogen-bond donors (Lipinski definition) is 1. The molecule has 3 aliphatic rings. The Morgan fingerprint density at radius 2 is 2.05 bits per heavy atom. The molecule has 118 valence electrons. The molecule has 2 bridgehead atoms. The van der Waals surface area contributed by atoms with E-state index in [9.17, 15) is 4.79 Å². The van der Waals surface area contributed by atoms with Gasteiger partial charge in [0, 0.05) is 6.42 Å². The van der Waals surface area contributed by atoms with Crippen LogP contribution in [0.5, 0.6) is 11.5 Å². The Bertz CT molecular complexity index is 559. The fourth-order valence-electron chi connectivity index (χ4n) is 4.33. The minimum absolute atomic E-state index is 0.0983. The number of fused-ring (bicyclic) bond motifs is 3. The van der Waals surface area contributed by atoms with Gasteiger partial charge in [0.1, 0.15) is 12.7 Å². The largest absolute Gasteiger partial charge is 0.486 e. The normalized spacial score (nSPS) is 32.0. The third-order valence-corrected chi connectivity index (χ3v) is 5.43. The lowest BCUT2D eigenvalue weighted by Gasteiger charge is -2.27. The molecule has 1 aromatic rings. The van der Waals surface area contributed by atoms with Gasteiger partial charge in [0.15, 0.2) is 11.5 Å². The topological polar surface area (TPSA) is 47.6 Å². The Labute approximate surface area is 131 Å². The van der Waals surface area contributed by atoms with Crippen molar-refractivity contribution in [2.24, 2.45) is 17.8 Å². The van der Waals surface area contributed by atoms with E-state index < -0.39 is 0 Å². The molecular formula is C18H23NO3. The highest BCUT2D eigenvalue weighted by atomic mass is 16.6. The third kappa shape index (κ3) is 2.79. The van der Waals surface area contributed by atoms with E-state index in [4.69, 9.17) is 9.47 Å². The van der Waals surface area contributed by atoms with Gasteiger partial charge in [-0.2, -0.15) is 0 Å². The lowest BCUT2D eigenvalue weighted by atomic mass is 9.86. The van der Waals surface area contributed by atoms with Crippen molar-refractivity contribution in [3.8, 4) is 11.5 Å². The third-order valence-electron chi connectivity index (χ3n) is 5.43. The van der Waals surface area contributed by atoms with Crippen LogP contribution in [-0.4, -0.2) is 25.2 Å². The lowest BCUT2D eigenvalue weighted by molar-refractivity contribution is -0.122. The Morgan fingerprint density at radius 1 is 1.18 bits per heavy atom. The molecule has 0 aromatic heterocycles. The van der Waals surface area contributed by atoms with Crippen LogP contribution in [0.4, 0.5) is 0 Å². The molecule has 4 heteroatoms. The molecule has 1 aliphatic heterocycles. The van der Waals surface area contributed by atoms with Gasteiger partial charge < -0.3 is 14.8 Å². The summed E-state index contributed by atoms with van der Waals surface area (Å²) in [5.74, 6) is 4.03. The second-order valence-corrected chi connectivity index (χ2v) is 6.94. The molecule has 1 N–H and O–H groups in total. The first-order valence-corrected chi connectivity index (χ1v) is 8.43. The number of carbonyl (C=O) groups excluding carboxylic acids is 1. The van der Waals surface area contributed by atoms with Crippen molar-refractivity contribution in [3.05, 3.63) is 24.3 Å². The van der Waals surface area contributed by atoms with E-state index in [1.54, 1.807) is 0 Å². The molecule has 2 fully saturated rings. The number of benzene rings is 1. The molecule has 4 atom stereocenters. The van der Waals surface area contributed by atoms with E-state index in [-0.39, 0.29) is 12.0 Å². The minimum atomic E-state index is -0.0983. The molecule has 0 saturated heterocycles. The number of amides is 1. The molecule has 4 nitrogen and oxygen atoms in total. The molecule has 1 amide bonds. The summed E-state index contributed by atoms with van der Waals surface area (Å²) in [6, 6.07) is 7.66. The molecule has 0 unspecified atom stereocenters. The van der Waals surface area contributed by atoms with Gasteiger partial charge in [-0.05, 0) is 49.1 Å². The van der Waals surface area contributed by atoms with Crippen molar-refractivity contribution in [3.63, 3.8) is 0 Å². The summed E-state index contributed by atoms with van der Waals surface area (Å²) in [6.45, 7) is 1.01. The van der Waals surface area contributed by atoms with Gasteiger partial charge in [0.05, 0.1) is 6.54 Å². The second-order valence-electron chi connectivity index (χ2n) is 6.94. The van der Waals surface area contributed by atoms with Crippen LogP contribution in [0.25, 0.3) is 0 Å². The van der Waals surface area contributed by atoms with E-state index in [0.717, 1.165) is 23.3 Å². The molecule has 0 radical (unpaired) electrons. The number of ether oxygens (including phenoxy) is 2. The first-order chi connectivity index (χ1) is 10.8. The highest BCUT2D eigenvalue weighted by molar-refractivity contribution is 5.76.